The lowest BCUT2D eigenvalue weighted by Gasteiger charge is -2.15. The molecule has 0 aliphatic heterocycles. The molecule has 0 heterocycles. The molecule has 0 aromatic heterocycles. The zero-order valence-electron chi connectivity index (χ0n) is 11.5. The van der Waals surface area contributed by atoms with Gasteiger partial charge in [0.2, 0.25) is 0 Å². The average molecular weight is 270 g/mol. The Morgan fingerprint density at radius 2 is 1.20 bits per heavy atom. The number of carbonyl (C=O) groups is 3. The van der Waals surface area contributed by atoms with Crippen LogP contribution in [0.1, 0.15) is 51.8 Å². The van der Waals surface area contributed by atoms with Crippen LogP contribution in [-0.2, 0) is 0 Å². The molecule has 2 aromatic rings. The number of hydrogen-bond acceptors (Lipinski definition) is 4. The number of aromatic hydroxyl groups is 1. The molecule has 0 fully saturated rings. The van der Waals surface area contributed by atoms with Crippen LogP contribution < -0.4 is 0 Å². The first-order chi connectivity index (χ1) is 9.36. The van der Waals surface area contributed by atoms with Crippen molar-refractivity contribution in [2.75, 3.05) is 0 Å². The summed E-state index contributed by atoms with van der Waals surface area (Å²) in [4.78, 5) is 35.6. The molecule has 0 atom stereocenters. The predicted octanol–water partition coefficient (Wildman–Crippen LogP) is 3.15. The minimum atomic E-state index is -0.444. The second-order valence-electron chi connectivity index (χ2n) is 4.69. The van der Waals surface area contributed by atoms with Gasteiger partial charge in [0.1, 0.15) is 5.75 Å². The second-order valence-corrected chi connectivity index (χ2v) is 4.69. The highest BCUT2D eigenvalue weighted by molar-refractivity contribution is 6.22. The van der Waals surface area contributed by atoms with Crippen LogP contribution >= 0.6 is 0 Å². The molecule has 0 amide bonds. The van der Waals surface area contributed by atoms with E-state index in [0.29, 0.717) is 10.8 Å². The highest BCUT2D eigenvalue weighted by atomic mass is 16.3. The number of phenolic OH excluding ortho intramolecular Hbond substituents is 1. The van der Waals surface area contributed by atoms with E-state index in [2.05, 4.69) is 0 Å². The van der Waals surface area contributed by atoms with Crippen molar-refractivity contribution in [1.29, 1.82) is 0 Å². The van der Waals surface area contributed by atoms with Gasteiger partial charge in [-0.3, -0.25) is 14.4 Å². The third kappa shape index (κ3) is 1.99. The van der Waals surface area contributed by atoms with E-state index >= 15 is 0 Å². The monoisotopic (exact) mass is 270 g/mol. The number of fused-ring (bicyclic) bond motifs is 1. The minimum absolute atomic E-state index is 0.00111. The highest BCUT2D eigenvalue weighted by Crippen LogP contribution is 2.36. The van der Waals surface area contributed by atoms with Crippen LogP contribution in [0.4, 0.5) is 0 Å². The van der Waals surface area contributed by atoms with E-state index in [-0.39, 0.29) is 28.2 Å². The molecule has 0 unspecified atom stereocenters. The van der Waals surface area contributed by atoms with Crippen molar-refractivity contribution in [3.63, 3.8) is 0 Å². The summed E-state index contributed by atoms with van der Waals surface area (Å²) < 4.78 is 0. The predicted molar refractivity (Wildman–Crippen MR) is 75.6 cm³/mol. The third-order valence-corrected chi connectivity index (χ3v) is 3.24. The summed E-state index contributed by atoms with van der Waals surface area (Å²) in [7, 11) is 0. The van der Waals surface area contributed by atoms with Crippen LogP contribution in [0.3, 0.4) is 0 Å². The molecular formula is C16H14O4. The van der Waals surface area contributed by atoms with Gasteiger partial charge in [-0.15, -0.1) is 0 Å². The Balaban J connectivity index is 3.15. The topological polar surface area (TPSA) is 71.4 Å². The molecule has 0 radical (unpaired) electrons. The second kappa shape index (κ2) is 4.89. The summed E-state index contributed by atoms with van der Waals surface area (Å²) >= 11 is 0. The molecule has 0 spiro atoms. The summed E-state index contributed by atoms with van der Waals surface area (Å²) in [5.41, 5.74) is 0.110. The van der Waals surface area contributed by atoms with Crippen molar-refractivity contribution in [3.05, 3.63) is 41.0 Å². The van der Waals surface area contributed by atoms with E-state index in [1.54, 1.807) is 24.3 Å². The molecule has 0 aliphatic rings. The summed E-state index contributed by atoms with van der Waals surface area (Å²) in [5, 5.41) is 11.1. The number of rotatable bonds is 3. The number of benzene rings is 2. The van der Waals surface area contributed by atoms with E-state index in [1.807, 2.05) is 0 Å². The van der Waals surface area contributed by atoms with Crippen molar-refractivity contribution in [1.82, 2.24) is 0 Å². The van der Waals surface area contributed by atoms with Gasteiger partial charge in [-0.05, 0) is 26.2 Å². The Morgan fingerprint density at radius 3 is 1.65 bits per heavy atom. The third-order valence-electron chi connectivity index (χ3n) is 3.24. The number of Topliss-reactive ketones (excluding diaryl/α,β-unsaturated/α-hetero) is 3. The minimum Gasteiger partial charge on any atom is -0.507 e. The normalized spacial score (nSPS) is 10.6. The Morgan fingerprint density at radius 1 is 0.750 bits per heavy atom. The first-order valence-electron chi connectivity index (χ1n) is 6.16. The van der Waals surface area contributed by atoms with E-state index in [9.17, 15) is 19.5 Å². The first kappa shape index (κ1) is 13.9. The van der Waals surface area contributed by atoms with Crippen molar-refractivity contribution in [2.24, 2.45) is 0 Å². The summed E-state index contributed by atoms with van der Waals surface area (Å²) in [6.07, 6.45) is 0. The molecule has 2 rings (SSSR count). The van der Waals surface area contributed by atoms with Gasteiger partial charge in [0.25, 0.3) is 0 Å². The largest absolute Gasteiger partial charge is 0.507 e. The Bertz CT molecular complexity index is 757. The highest BCUT2D eigenvalue weighted by Gasteiger charge is 2.26. The van der Waals surface area contributed by atoms with E-state index in [4.69, 9.17) is 0 Å². The number of phenols is 1. The molecule has 4 heteroatoms. The fourth-order valence-corrected chi connectivity index (χ4v) is 2.48. The van der Waals surface area contributed by atoms with E-state index in [0.717, 1.165) is 0 Å². The lowest BCUT2D eigenvalue weighted by molar-refractivity contribution is 0.0967. The fraction of sp³-hybridized carbons (Fsp3) is 0.188. The zero-order valence-corrected chi connectivity index (χ0v) is 11.5. The summed E-state index contributed by atoms with van der Waals surface area (Å²) in [6.45, 7) is 3.89. The van der Waals surface area contributed by atoms with Crippen LogP contribution in [0.2, 0.25) is 0 Å². The quantitative estimate of drug-likeness (QED) is 0.869. The molecular weight excluding hydrogens is 256 g/mol. The van der Waals surface area contributed by atoms with Gasteiger partial charge < -0.3 is 5.11 Å². The number of ketones is 3. The maximum absolute atomic E-state index is 11.9. The van der Waals surface area contributed by atoms with Crippen LogP contribution in [-0.4, -0.2) is 22.5 Å². The lowest BCUT2D eigenvalue weighted by Crippen LogP contribution is -2.12. The van der Waals surface area contributed by atoms with Crippen molar-refractivity contribution >= 4 is 28.1 Å². The van der Waals surface area contributed by atoms with Crippen molar-refractivity contribution < 1.29 is 19.5 Å². The molecule has 102 valence electrons. The van der Waals surface area contributed by atoms with Crippen LogP contribution in [0.25, 0.3) is 10.8 Å². The Labute approximate surface area is 116 Å². The fourth-order valence-electron chi connectivity index (χ4n) is 2.48. The number of hydrogen-bond donors (Lipinski definition) is 1. The number of carbonyl (C=O) groups excluding carboxylic acids is 3. The first-order valence-corrected chi connectivity index (χ1v) is 6.16. The molecule has 2 aromatic carbocycles. The van der Waals surface area contributed by atoms with Crippen LogP contribution in [0, 0.1) is 0 Å². The van der Waals surface area contributed by atoms with Gasteiger partial charge >= 0.3 is 0 Å². The van der Waals surface area contributed by atoms with Gasteiger partial charge in [0.15, 0.2) is 17.3 Å². The lowest BCUT2D eigenvalue weighted by atomic mass is 9.88. The smallest absolute Gasteiger partial charge is 0.164 e. The SMILES string of the molecule is CC(=O)c1c(C(C)=O)c(C(C)=O)c2ccccc2c1O. The standard InChI is InChI=1S/C16H14O4/c1-8(17)13-11-6-4-5-7-12(11)16(20)15(10(3)19)14(13)9(2)18/h4-7,20H,1-3H3. The zero-order chi connectivity index (χ0) is 15.0. The van der Waals surface area contributed by atoms with Gasteiger partial charge in [0.05, 0.1) is 5.56 Å². The van der Waals surface area contributed by atoms with Crippen LogP contribution in [0.15, 0.2) is 24.3 Å². The van der Waals surface area contributed by atoms with Gasteiger partial charge in [0, 0.05) is 16.5 Å². The van der Waals surface area contributed by atoms with Crippen molar-refractivity contribution in [2.45, 2.75) is 20.8 Å². The molecule has 0 bridgehead atoms. The van der Waals surface area contributed by atoms with Crippen LogP contribution in [0.5, 0.6) is 5.75 Å². The summed E-state index contributed by atoms with van der Waals surface area (Å²) in [6, 6.07) is 6.69. The maximum atomic E-state index is 11.9. The molecule has 0 saturated carbocycles. The molecule has 0 saturated heterocycles. The Hall–Kier alpha value is -2.49. The maximum Gasteiger partial charge on any atom is 0.164 e. The molecule has 1 N–H and O–H groups in total. The Kier molecular flexibility index (Phi) is 3.40. The molecule has 4 nitrogen and oxygen atoms in total. The molecule has 20 heavy (non-hydrogen) atoms. The van der Waals surface area contributed by atoms with Crippen molar-refractivity contribution in [3.8, 4) is 5.75 Å². The van der Waals surface area contributed by atoms with E-state index < -0.39 is 11.6 Å². The molecule has 0 aliphatic carbocycles. The van der Waals surface area contributed by atoms with Gasteiger partial charge in [-0.1, -0.05) is 24.3 Å². The van der Waals surface area contributed by atoms with E-state index in [1.165, 1.54) is 20.8 Å². The average Bonchev–Trinajstić information content (AvgIpc) is 2.37. The van der Waals surface area contributed by atoms with Gasteiger partial charge in [-0.2, -0.15) is 0 Å². The summed E-state index contributed by atoms with van der Waals surface area (Å²) in [5.74, 6) is -1.42. The van der Waals surface area contributed by atoms with Gasteiger partial charge in [-0.25, -0.2) is 0 Å².